The minimum absolute atomic E-state index is 0.783. The van der Waals surface area contributed by atoms with Crippen molar-refractivity contribution in [1.82, 2.24) is 15.1 Å². The molecule has 1 N–H and O–H groups in total. The van der Waals surface area contributed by atoms with Crippen molar-refractivity contribution in [2.24, 2.45) is 0 Å². The lowest BCUT2D eigenvalue weighted by atomic mass is 10.1. The Labute approximate surface area is 121 Å². The fourth-order valence-corrected chi connectivity index (χ4v) is 2.46. The summed E-state index contributed by atoms with van der Waals surface area (Å²) in [6.45, 7) is 5.84. The largest absolute Gasteiger partial charge is 0.383 e. The molecular formula is C16H25N3O. The predicted molar refractivity (Wildman–Crippen MR) is 83.1 cm³/mol. The number of benzene rings is 1. The van der Waals surface area contributed by atoms with Crippen LogP contribution < -0.4 is 5.32 Å². The zero-order chi connectivity index (χ0) is 14.2. The Morgan fingerprint density at radius 3 is 2.85 bits per heavy atom. The third-order valence-corrected chi connectivity index (χ3v) is 3.53. The predicted octanol–water partition coefficient (Wildman–Crippen LogP) is 2.61. The fourth-order valence-electron chi connectivity index (χ4n) is 2.46. The first-order valence-corrected chi connectivity index (χ1v) is 7.51. The quantitative estimate of drug-likeness (QED) is 0.715. The van der Waals surface area contributed by atoms with E-state index in [-0.39, 0.29) is 0 Å². The van der Waals surface area contributed by atoms with E-state index in [1.54, 1.807) is 7.11 Å². The van der Waals surface area contributed by atoms with Crippen molar-refractivity contribution in [2.75, 3.05) is 26.8 Å². The number of hydrogen-bond acceptors (Lipinski definition) is 3. The van der Waals surface area contributed by atoms with E-state index in [0.29, 0.717) is 0 Å². The van der Waals surface area contributed by atoms with Gasteiger partial charge in [-0.15, -0.1) is 0 Å². The molecule has 110 valence electrons. The Hall–Kier alpha value is -1.39. The van der Waals surface area contributed by atoms with Gasteiger partial charge in [0.2, 0.25) is 0 Å². The highest BCUT2D eigenvalue weighted by atomic mass is 16.5. The second kappa shape index (κ2) is 8.02. The zero-order valence-electron chi connectivity index (χ0n) is 12.6. The van der Waals surface area contributed by atoms with Crippen LogP contribution in [-0.2, 0) is 17.7 Å². The number of nitrogens with one attached hydrogen (secondary N) is 1. The van der Waals surface area contributed by atoms with E-state index in [1.165, 1.54) is 29.4 Å². The van der Waals surface area contributed by atoms with Gasteiger partial charge in [0.25, 0.3) is 0 Å². The van der Waals surface area contributed by atoms with Gasteiger partial charge in [-0.3, -0.25) is 4.68 Å². The van der Waals surface area contributed by atoms with Gasteiger partial charge in [0, 0.05) is 25.6 Å². The Balaban J connectivity index is 1.84. The van der Waals surface area contributed by atoms with Gasteiger partial charge in [-0.05, 0) is 38.8 Å². The van der Waals surface area contributed by atoms with Gasteiger partial charge in [0.15, 0.2) is 0 Å². The second-order valence-corrected chi connectivity index (χ2v) is 4.98. The van der Waals surface area contributed by atoms with Crippen molar-refractivity contribution in [1.29, 1.82) is 0 Å². The normalized spacial score (nSPS) is 11.3. The summed E-state index contributed by atoms with van der Waals surface area (Å²) in [5, 5.41) is 9.41. The van der Waals surface area contributed by atoms with Crippen molar-refractivity contribution in [2.45, 2.75) is 32.7 Å². The highest BCUT2D eigenvalue weighted by Crippen LogP contribution is 2.19. The molecule has 0 aliphatic rings. The summed E-state index contributed by atoms with van der Waals surface area (Å²) < 4.78 is 7.10. The number of methoxy groups -OCH3 is 1. The summed E-state index contributed by atoms with van der Waals surface area (Å²) in [6, 6.07) is 8.52. The number of rotatable bonds is 9. The van der Waals surface area contributed by atoms with Crippen LogP contribution in [0, 0.1) is 0 Å². The van der Waals surface area contributed by atoms with Gasteiger partial charge >= 0.3 is 0 Å². The Morgan fingerprint density at radius 1 is 1.20 bits per heavy atom. The van der Waals surface area contributed by atoms with E-state index < -0.39 is 0 Å². The van der Waals surface area contributed by atoms with E-state index in [0.717, 1.165) is 32.7 Å². The van der Waals surface area contributed by atoms with Gasteiger partial charge < -0.3 is 10.1 Å². The zero-order valence-corrected chi connectivity index (χ0v) is 12.6. The number of unbranched alkanes of at least 4 members (excludes halogenated alkanes) is 1. The molecule has 0 bridgehead atoms. The summed E-state index contributed by atoms with van der Waals surface area (Å²) in [7, 11) is 1.73. The number of hydrogen-bond donors (Lipinski definition) is 1. The second-order valence-electron chi connectivity index (χ2n) is 4.98. The summed E-state index contributed by atoms with van der Waals surface area (Å²) in [5.74, 6) is 0. The smallest absolute Gasteiger partial charge is 0.0703 e. The third kappa shape index (κ3) is 3.81. The lowest BCUT2D eigenvalue weighted by Crippen LogP contribution is -2.20. The van der Waals surface area contributed by atoms with Crippen molar-refractivity contribution in [3.05, 3.63) is 30.0 Å². The van der Waals surface area contributed by atoms with Gasteiger partial charge in [0.1, 0.15) is 0 Å². The number of para-hydroxylation sites is 1. The minimum Gasteiger partial charge on any atom is -0.383 e. The van der Waals surface area contributed by atoms with Crippen LogP contribution in [0.5, 0.6) is 0 Å². The SMILES string of the molecule is CCn1nc(CCCCNCCOC)c2ccccc21. The van der Waals surface area contributed by atoms with Crippen LogP contribution in [0.25, 0.3) is 10.9 Å². The van der Waals surface area contributed by atoms with Crippen molar-refractivity contribution in [3.8, 4) is 0 Å². The standard InChI is InChI=1S/C16H25N3O/c1-3-19-16-10-5-4-8-14(16)15(18-19)9-6-7-11-17-12-13-20-2/h4-5,8,10,17H,3,6-7,9,11-13H2,1-2H3. The van der Waals surface area contributed by atoms with E-state index in [1.807, 2.05) is 0 Å². The molecule has 0 atom stereocenters. The first-order chi connectivity index (χ1) is 9.86. The first-order valence-electron chi connectivity index (χ1n) is 7.51. The topological polar surface area (TPSA) is 39.1 Å². The van der Waals surface area contributed by atoms with Crippen molar-refractivity contribution < 1.29 is 4.74 Å². The van der Waals surface area contributed by atoms with Crippen LogP contribution >= 0.6 is 0 Å². The number of aromatic nitrogens is 2. The number of ether oxygens (including phenoxy) is 1. The van der Waals surface area contributed by atoms with E-state index >= 15 is 0 Å². The van der Waals surface area contributed by atoms with Crippen LogP contribution in [0.4, 0.5) is 0 Å². The third-order valence-electron chi connectivity index (χ3n) is 3.53. The molecule has 0 aliphatic heterocycles. The lowest BCUT2D eigenvalue weighted by Gasteiger charge is -2.03. The van der Waals surface area contributed by atoms with Gasteiger partial charge in [0.05, 0.1) is 17.8 Å². The molecule has 0 fully saturated rings. The Bertz CT molecular complexity index is 521. The molecule has 4 nitrogen and oxygen atoms in total. The van der Waals surface area contributed by atoms with Crippen LogP contribution in [-0.4, -0.2) is 36.6 Å². The molecule has 2 aromatic rings. The molecule has 0 unspecified atom stereocenters. The summed E-state index contributed by atoms with van der Waals surface area (Å²) in [6.07, 6.45) is 3.40. The molecular weight excluding hydrogens is 250 g/mol. The number of aryl methyl sites for hydroxylation is 2. The first kappa shape index (κ1) is 15.0. The molecule has 2 rings (SSSR count). The maximum absolute atomic E-state index is 5.01. The molecule has 0 amide bonds. The minimum atomic E-state index is 0.783. The average molecular weight is 275 g/mol. The summed E-state index contributed by atoms with van der Waals surface area (Å²) in [5.41, 5.74) is 2.49. The fraction of sp³-hybridized carbons (Fsp3) is 0.562. The molecule has 4 heteroatoms. The monoisotopic (exact) mass is 275 g/mol. The molecule has 1 heterocycles. The average Bonchev–Trinajstić information content (AvgIpc) is 2.85. The molecule has 0 aliphatic carbocycles. The van der Waals surface area contributed by atoms with Crippen molar-refractivity contribution in [3.63, 3.8) is 0 Å². The number of nitrogens with zero attached hydrogens (tertiary/aromatic N) is 2. The molecule has 0 saturated carbocycles. The van der Waals surface area contributed by atoms with Crippen LogP contribution in [0.15, 0.2) is 24.3 Å². The molecule has 0 spiro atoms. The lowest BCUT2D eigenvalue weighted by molar-refractivity contribution is 0.199. The molecule has 0 radical (unpaired) electrons. The maximum atomic E-state index is 5.01. The summed E-state index contributed by atoms with van der Waals surface area (Å²) >= 11 is 0. The van der Waals surface area contributed by atoms with E-state index in [9.17, 15) is 0 Å². The van der Waals surface area contributed by atoms with Gasteiger partial charge in [-0.25, -0.2) is 0 Å². The van der Waals surface area contributed by atoms with E-state index in [2.05, 4.69) is 41.2 Å². The number of fused-ring (bicyclic) bond motifs is 1. The maximum Gasteiger partial charge on any atom is 0.0703 e. The van der Waals surface area contributed by atoms with Crippen LogP contribution in [0.3, 0.4) is 0 Å². The highest BCUT2D eigenvalue weighted by molar-refractivity contribution is 5.81. The van der Waals surface area contributed by atoms with Crippen LogP contribution in [0.2, 0.25) is 0 Å². The van der Waals surface area contributed by atoms with Gasteiger partial charge in [-0.2, -0.15) is 5.10 Å². The van der Waals surface area contributed by atoms with Gasteiger partial charge in [-0.1, -0.05) is 18.2 Å². The molecule has 1 aromatic carbocycles. The Morgan fingerprint density at radius 2 is 2.05 bits per heavy atom. The molecule has 0 saturated heterocycles. The van der Waals surface area contributed by atoms with Crippen molar-refractivity contribution >= 4 is 10.9 Å². The van der Waals surface area contributed by atoms with E-state index in [4.69, 9.17) is 9.84 Å². The summed E-state index contributed by atoms with van der Waals surface area (Å²) in [4.78, 5) is 0. The Kier molecular flexibility index (Phi) is 6.02. The molecule has 20 heavy (non-hydrogen) atoms. The van der Waals surface area contributed by atoms with Crippen LogP contribution in [0.1, 0.15) is 25.5 Å². The molecule has 1 aromatic heterocycles. The highest BCUT2D eigenvalue weighted by Gasteiger charge is 2.08.